The fourth-order valence-electron chi connectivity index (χ4n) is 8.16. The van der Waals surface area contributed by atoms with Crippen molar-refractivity contribution in [3.63, 3.8) is 0 Å². The lowest BCUT2D eigenvalue weighted by Crippen LogP contribution is -2.71. The van der Waals surface area contributed by atoms with Crippen LogP contribution >= 0.6 is 0 Å². The van der Waals surface area contributed by atoms with Crippen LogP contribution in [0, 0.1) is 11.7 Å². The zero-order valence-corrected chi connectivity index (χ0v) is 24.5. The monoisotopic (exact) mass is 599 g/mol. The van der Waals surface area contributed by atoms with Crippen molar-refractivity contribution in [3.8, 4) is 0 Å². The summed E-state index contributed by atoms with van der Waals surface area (Å²) in [5.74, 6) is -4.55. The van der Waals surface area contributed by atoms with Crippen LogP contribution in [0.25, 0.3) is 16.5 Å². The number of piperazine rings is 1. The van der Waals surface area contributed by atoms with Crippen LogP contribution < -0.4 is 5.32 Å². The second kappa shape index (κ2) is 9.47. The number of rotatable bonds is 4. The molecule has 2 aromatic carbocycles. The number of H-pyrrole nitrogens is 1. The van der Waals surface area contributed by atoms with E-state index in [9.17, 15) is 19.5 Å². The molecule has 5 heterocycles. The van der Waals surface area contributed by atoms with Gasteiger partial charge >= 0.3 is 0 Å². The van der Waals surface area contributed by atoms with E-state index in [1.54, 1.807) is 17.0 Å². The molecule has 228 valence electrons. The van der Waals surface area contributed by atoms with Crippen molar-refractivity contribution in [2.24, 2.45) is 5.92 Å². The van der Waals surface area contributed by atoms with Crippen LogP contribution in [-0.2, 0) is 32.0 Å². The van der Waals surface area contributed by atoms with Gasteiger partial charge in [-0.2, -0.15) is 0 Å². The summed E-state index contributed by atoms with van der Waals surface area (Å²) in [6.07, 6.45) is 5.74. The second-order valence-corrected chi connectivity index (χ2v) is 12.9. The number of halogens is 1. The highest BCUT2D eigenvalue weighted by atomic mass is 19.1. The summed E-state index contributed by atoms with van der Waals surface area (Å²) >= 11 is 0. The summed E-state index contributed by atoms with van der Waals surface area (Å²) in [7, 11) is 1.91. The minimum Gasteiger partial charge on any atom is -0.361 e. The van der Waals surface area contributed by atoms with Crippen molar-refractivity contribution in [3.05, 3.63) is 77.2 Å². The molecule has 11 heteroatoms. The van der Waals surface area contributed by atoms with Crippen LogP contribution in [0.2, 0.25) is 0 Å². The van der Waals surface area contributed by atoms with E-state index in [-0.39, 0.29) is 24.2 Å². The van der Waals surface area contributed by atoms with Gasteiger partial charge in [-0.05, 0) is 62.1 Å². The topological polar surface area (TPSA) is 118 Å². The van der Waals surface area contributed by atoms with Crippen LogP contribution in [0.3, 0.4) is 0 Å². The lowest BCUT2D eigenvalue weighted by Gasteiger charge is -2.48. The van der Waals surface area contributed by atoms with E-state index in [1.807, 2.05) is 48.5 Å². The van der Waals surface area contributed by atoms with Gasteiger partial charge in [-0.3, -0.25) is 28.9 Å². The minimum atomic E-state index is -2.09. The van der Waals surface area contributed by atoms with E-state index in [2.05, 4.69) is 10.3 Å². The molecule has 1 aliphatic carbocycles. The van der Waals surface area contributed by atoms with Crippen molar-refractivity contribution in [2.45, 2.75) is 62.4 Å². The van der Waals surface area contributed by atoms with Gasteiger partial charge in [0.25, 0.3) is 11.8 Å². The first-order valence-electron chi connectivity index (χ1n) is 15.2. The number of carbonyl (C=O) groups excluding carboxylic acids is 3. The Morgan fingerprint density at radius 2 is 2.00 bits per heavy atom. The average molecular weight is 600 g/mol. The number of nitrogens with zero attached hydrogens (tertiary/aromatic N) is 3. The van der Waals surface area contributed by atoms with Gasteiger partial charge in [-0.15, -0.1) is 0 Å². The Kier molecular flexibility index (Phi) is 5.91. The van der Waals surface area contributed by atoms with Gasteiger partial charge in [-0.1, -0.05) is 36.4 Å². The molecule has 0 unspecified atom stereocenters. The first-order chi connectivity index (χ1) is 21.1. The molecule has 44 heavy (non-hydrogen) atoms. The third kappa shape index (κ3) is 3.79. The number of nitrogens with one attached hydrogen (secondary N) is 2. The molecule has 3 saturated heterocycles. The highest BCUT2D eigenvalue weighted by Gasteiger charge is 2.70. The van der Waals surface area contributed by atoms with E-state index in [0.29, 0.717) is 37.9 Å². The molecule has 0 bridgehead atoms. The molecule has 6 atom stereocenters. The fourth-order valence-corrected chi connectivity index (χ4v) is 8.16. The number of aromatic nitrogens is 1. The van der Waals surface area contributed by atoms with Gasteiger partial charge in [0.2, 0.25) is 17.5 Å². The highest BCUT2D eigenvalue weighted by Crippen LogP contribution is 2.46. The standard InChI is InChI=1S/C33H34FN5O5/c1-32(31(42)39-25(13-18-7-4-3-5-8-18)30(41)38-12-6-9-26(38)33(39,43)44-32)36-29(40)20-14-21-24(37(2)17-20)15-19-16-35-23-11-10-22(34)28(21)27(19)23/h3-5,7-8,10-11,14,16,20,24-26,35,43H,6,9,12-13,15,17H2,1-2H3,(H,36,40)/t20-,24-,25+,26+,32-,33+/m1/s1. The summed E-state index contributed by atoms with van der Waals surface area (Å²) < 4.78 is 21.5. The van der Waals surface area contributed by atoms with Gasteiger partial charge in [0.15, 0.2) is 0 Å². The number of benzene rings is 2. The molecule has 1 aromatic heterocycles. The maximum atomic E-state index is 15.3. The molecular weight excluding hydrogens is 565 g/mol. The van der Waals surface area contributed by atoms with Gasteiger partial charge in [0.1, 0.15) is 17.9 Å². The predicted molar refractivity (Wildman–Crippen MR) is 158 cm³/mol. The van der Waals surface area contributed by atoms with Crippen molar-refractivity contribution >= 4 is 34.2 Å². The Morgan fingerprint density at radius 1 is 1.20 bits per heavy atom. The average Bonchev–Trinajstić information content (AvgIpc) is 3.71. The number of hydrogen-bond donors (Lipinski definition) is 3. The molecule has 3 N–H and O–H groups in total. The Bertz CT molecular complexity index is 1760. The maximum absolute atomic E-state index is 15.3. The number of aliphatic hydroxyl groups is 1. The van der Waals surface area contributed by atoms with Crippen LogP contribution in [0.4, 0.5) is 4.39 Å². The molecule has 0 saturated carbocycles. The molecule has 3 amide bonds. The maximum Gasteiger partial charge on any atom is 0.280 e. The van der Waals surface area contributed by atoms with E-state index < -0.39 is 41.5 Å². The zero-order chi connectivity index (χ0) is 30.5. The summed E-state index contributed by atoms with van der Waals surface area (Å²) in [5, 5.41) is 15.7. The zero-order valence-electron chi connectivity index (χ0n) is 24.5. The summed E-state index contributed by atoms with van der Waals surface area (Å²) in [6.45, 7) is 2.24. The van der Waals surface area contributed by atoms with Gasteiger partial charge < -0.3 is 20.3 Å². The lowest BCUT2D eigenvalue weighted by atomic mass is 9.79. The molecule has 10 nitrogen and oxygen atoms in total. The lowest BCUT2D eigenvalue weighted by molar-refractivity contribution is -0.315. The van der Waals surface area contributed by atoms with E-state index in [4.69, 9.17) is 4.74 Å². The van der Waals surface area contributed by atoms with E-state index in [0.717, 1.165) is 32.5 Å². The number of hydrogen-bond acceptors (Lipinski definition) is 6. The van der Waals surface area contributed by atoms with E-state index >= 15 is 4.39 Å². The summed E-state index contributed by atoms with van der Waals surface area (Å²) in [6, 6.07) is 10.7. The third-order valence-electron chi connectivity index (χ3n) is 10.2. The largest absolute Gasteiger partial charge is 0.361 e. The molecule has 5 aliphatic rings. The number of likely N-dealkylation sites (N-methyl/N-ethyl adjacent to an activating group) is 1. The van der Waals surface area contributed by atoms with Crippen molar-refractivity contribution < 1.29 is 28.6 Å². The van der Waals surface area contributed by atoms with E-state index in [1.165, 1.54) is 13.0 Å². The van der Waals surface area contributed by atoms with Crippen molar-refractivity contribution in [1.29, 1.82) is 0 Å². The molecular formula is C33H34FN5O5. The van der Waals surface area contributed by atoms with Gasteiger partial charge in [-0.25, -0.2) is 4.39 Å². The van der Waals surface area contributed by atoms with Crippen LogP contribution in [0.15, 0.2) is 54.7 Å². The van der Waals surface area contributed by atoms with Crippen molar-refractivity contribution in [2.75, 3.05) is 20.1 Å². The molecule has 4 aliphatic heterocycles. The number of aromatic amines is 1. The second-order valence-electron chi connectivity index (χ2n) is 12.9. The smallest absolute Gasteiger partial charge is 0.280 e. The number of amides is 3. The Morgan fingerprint density at radius 3 is 2.80 bits per heavy atom. The quantitative estimate of drug-likeness (QED) is 0.423. The Hall–Kier alpha value is -4.06. The van der Waals surface area contributed by atoms with Crippen LogP contribution in [0.1, 0.15) is 36.5 Å². The third-order valence-corrected chi connectivity index (χ3v) is 10.2. The molecule has 8 rings (SSSR count). The number of carbonyl (C=O) groups is 3. The van der Waals surface area contributed by atoms with Crippen LogP contribution in [0.5, 0.6) is 0 Å². The molecule has 3 fully saturated rings. The Balaban J connectivity index is 1.12. The minimum absolute atomic E-state index is 0.102. The molecule has 0 radical (unpaired) electrons. The number of ether oxygens (including phenoxy) is 1. The first kappa shape index (κ1) is 27.5. The Labute approximate surface area is 253 Å². The highest BCUT2D eigenvalue weighted by molar-refractivity contribution is 6.01. The molecule has 0 spiro atoms. The predicted octanol–water partition coefficient (Wildman–Crippen LogP) is 2.13. The van der Waals surface area contributed by atoms with Gasteiger partial charge in [0.05, 0.1) is 5.92 Å². The first-order valence-corrected chi connectivity index (χ1v) is 15.2. The molecule has 3 aromatic rings. The SMILES string of the molecule is CN1C[C@H](C(=O)N[C@]2(C)O[C@@]3(O)[C@@H]4CCCN4C(=O)[C@H](Cc4ccccc4)N3C2=O)C=C2c3c(F)ccc4[nH]cc(c34)C[C@H]21. The van der Waals surface area contributed by atoms with Crippen LogP contribution in [-0.4, -0.2) is 92.4 Å². The summed E-state index contributed by atoms with van der Waals surface area (Å²) in [4.78, 5) is 49.8. The van der Waals surface area contributed by atoms with Crippen molar-refractivity contribution in [1.82, 2.24) is 25.0 Å². The normalized spacial score (nSPS) is 32.9. The number of fused-ring (bicyclic) bond motifs is 5. The van der Waals surface area contributed by atoms with Gasteiger partial charge in [0, 0.05) is 48.2 Å². The summed E-state index contributed by atoms with van der Waals surface area (Å²) in [5.41, 5.74) is 2.03. The fraction of sp³-hybridized carbons (Fsp3) is 0.424.